The highest BCUT2D eigenvalue weighted by Crippen LogP contribution is 2.39. The van der Waals surface area contributed by atoms with E-state index < -0.39 is 11.7 Å². The van der Waals surface area contributed by atoms with Gasteiger partial charge in [-0.05, 0) is 25.8 Å². The highest BCUT2D eigenvalue weighted by Gasteiger charge is 2.45. The number of anilines is 2. The van der Waals surface area contributed by atoms with Gasteiger partial charge in [-0.3, -0.25) is 4.79 Å². The van der Waals surface area contributed by atoms with Crippen LogP contribution in [0.15, 0.2) is 36.9 Å². The van der Waals surface area contributed by atoms with Crippen molar-refractivity contribution in [3.63, 3.8) is 0 Å². The zero-order valence-electron chi connectivity index (χ0n) is 17.5. The Hall–Kier alpha value is -3.66. The Labute approximate surface area is 182 Å². The number of halogens is 1. The van der Waals surface area contributed by atoms with E-state index in [-0.39, 0.29) is 16.9 Å². The number of nitrogens with zero attached hydrogens (tertiary/aromatic N) is 6. The van der Waals surface area contributed by atoms with Gasteiger partial charge in [-0.2, -0.15) is 5.10 Å². The zero-order chi connectivity index (χ0) is 21.9. The Morgan fingerprint density at radius 2 is 2.19 bits per heavy atom. The first-order chi connectivity index (χ1) is 15.5. The van der Waals surface area contributed by atoms with E-state index in [0.717, 1.165) is 30.7 Å². The van der Waals surface area contributed by atoms with Crippen molar-refractivity contribution in [3.8, 4) is 0 Å². The van der Waals surface area contributed by atoms with Gasteiger partial charge < -0.3 is 19.9 Å². The molecule has 0 radical (unpaired) electrons. The Morgan fingerprint density at radius 1 is 1.31 bits per heavy atom. The van der Waals surface area contributed by atoms with Crippen LogP contribution in [0.25, 0.3) is 16.6 Å². The molecule has 1 aliphatic heterocycles. The SMILES string of the molecule is Cc1cn2cc(NC(=O)c3ncc(N4CCNC5(CC5)C4)c4ccnnc34)cc(F)c2n1. The first kappa shape index (κ1) is 19.1. The molecule has 0 aromatic carbocycles. The van der Waals surface area contributed by atoms with E-state index in [1.807, 2.05) is 6.07 Å². The lowest BCUT2D eigenvalue weighted by molar-refractivity contribution is 0.102. The van der Waals surface area contributed by atoms with Crippen molar-refractivity contribution in [1.29, 1.82) is 0 Å². The van der Waals surface area contributed by atoms with E-state index in [1.54, 1.807) is 36.1 Å². The molecule has 9 nitrogen and oxygen atoms in total. The Morgan fingerprint density at radius 3 is 3.03 bits per heavy atom. The summed E-state index contributed by atoms with van der Waals surface area (Å²) in [6.45, 7) is 4.45. The second kappa shape index (κ2) is 6.92. The van der Waals surface area contributed by atoms with Crippen molar-refractivity contribution in [3.05, 3.63) is 54.1 Å². The molecule has 1 aliphatic carbocycles. The molecule has 2 fully saturated rings. The summed E-state index contributed by atoms with van der Waals surface area (Å²) in [6, 6.07) is 3.11. The number of piperazine rings is 1. The van der Waals surface area contributed by atoms with Gasteiger partial charge in [0.25, 0.3) is 5.91 Å². The molecular formula is C22H21FN8O. The number of hydrogen-bond donors (Lipinski definition) is 2. The molecule has 10 heteroatoms. The molecular weight excluding hydrogens is 411 g/mol. The number of fused-ring (bicyclic) bond motifs is 2. The molecule has 2 aliphatic rings. The van der Waals surface area contributed by atoms with Gasteiger partial charge in [-0.15, -0.1) is 5.10 Å². The fraction of sp³-hybridized carbons (Fsp3) is 0.318. The molecule has 4 aromatic rings. The topological polar surface area (TPSA) is 100 Å². The van der Waals surface area contributed by atoms with E-state index in [0.29, 0.717) is 16.9 Å². The summed E-state index contributed by atoms with van der Waals surface area (Å²) < 4.78 is 16.0. The molecule has 1 spiro atoms. The molecule has 1 amide bonds. The number of amides is 1. The lowest BCUT2D eigenvalue weighted by atomic mass is 10.1. The average molecular weight is 432 g/mol. The predicted octanol–water partition coefficient (Wildman–Crippen LogP) is 2.31. The third-order valence-electron chi connectivity index (χ3n) is 6.21. The molecule has 4 aromatic heterocycles. The zero-order valence-corrected chi connectivity index (χ0v) is 17.5. The number of imidazole rings is 1. The average Bonchev–Trinajstić information content (AvgIpc) is 3.41. The van der Waals surface area contributed by atoms with Gasteiger partial charge in [0.05, 0.1) is 29.5 Å². The first-order valence-electron chi connectivity index (χ1n) is 10.6. The summed E-state index contributed by atoms with van der Waals surface area (Å²) in [7, 11) is 0. The second-order valence-electron chi connectivity index (χ2n) is 8.56. The van der Waals surface area contributed by atoms with E-state index in [1.165, 1.54) is 18.9 Å². The molecule has 1 saturated heterocycles. The van der Waals surface area contributed by atoms with Gasteiger partial charge in [-0.1, -0.05) is 0 Å². The van der Waals surface area contributed by atoms with Crippen LogP contribution in [-0.4, -0.2) is 55.6 Å². The Balaban J connectivity index is 1.35. The minimum Gasteiger partial charge on any atom is -0.367 e. The van der Waals surface area contributed by atoms with Crippen LogP contribution < -0.4 is 15.5 Å². The van der Waals surface area contributed by atoms with Crippen molar-refractivity contribution in [2.75, 3.05) is 29.9 Å². The Bertz CT molecular complexity index is 1380. The number of pyridine rings is 2. The number of carbonyl (C=O) groups excluding carboxylic acids is 1. The van der Waals surface area contributed by atoms with Crippen LogP contribution in [-0.2, 0) is 0 Å². The molecule has 2 N–H and O–H groups in total. The quantitative estimate of drug-likeness (QED) is 0.512. The fourth-order valence-electron chi connectivity index (χ4n) is 4.47. The van der Waals surface area contributed by atoms with Crippen molar-refractivity contribution in [2.45, 2.75) is 25.3 Å². The summed E-state index contributed by atoms with van der Waals surface area (Å²) in [4.78, 5) is 23.9. The van der Waals surface area contributed by atoms with Gasteiger partial charge in [0, 0.05) is 49.0 Å². The number of aryl methyl sites for hydroxylation is 1. The minimum atomic E-state index is -0.517. The second-order valence-corrected chi connectivity index (χ2v) is 8.56. The molecule has 32 heavy (non-hydrogen) atoms. The van der Waals surface area contributed by atoms with Crippen molar-refractivity contribution < 1.29 is 9.18 Å². The highest BCUT2D eigenvalue weighted by molar-refractivity contribution is 6.12. The van der Waals surface area contributed by atoms with Gasteiger partial charge in [0.1, 0.15) is 5.52 Å². The normalized spacial score (nSPS) is 17.2. The van der Waals surface area contributed by atoms with Gasteiger partial charge in [-0.25, -0.2) is 14.4 Å². The lowest BCUT2D eigenvalue weighted by Crippen LogP contribution is -2.52. The molecule has 0 atom stereocenters. The van der Waals surface area contributed by atoms with Crippen LogP contribution >= 0.6 is 0 Å². The van der Waals surface area contributed by atoms with E-state index in [2.05, 4.69) is 35.7 Å². The van der Waals surface area contributed by atoms with E-state index in [4.69, 9.17) is 0 Å². The number of rotatable bonds is 3. The molecule has 5 heterocycles. The van der Waals surface area contributed by atoms with Crippen LogP contribution in [0.3, 0.4) is 0 Å². The largest absolute Gasteiger partial charge is 0.367 e. The van der Waals surface area contributed by atoms with Gasteiger partial charge >= 0.3 is 0 Å². The van der Waals surface area contributed by atoms with Crippen LogP contribution in [0.2, 0.25) is 0 Å². The summed E-state index contributed by atoms with van der Waals surface area (Å²) in [5.41, 5.74) is 2.92. The fourth-order valence-corrected chi connectivity index (χ4v) is 4.47. The number of aromatic nitrogens is 5. The van der Waals surface area contributed by atoms with Gasteiger partial charge in [0.15, 0.2) is 17.2 Å². The summed E-state index contributed by atoms with van der Waals surface area (Å²) in [5.74, 6) is -0.992. The molecule has 1 saturated carbocycles. The van der Waals surface area contributed by atoms with Crippen LogP contribution in [0.4, 0.5) is 15.8 Å². The maximum absolute atomic E-state index is 14.4. The van der Waals surface area contributed by atoms with Gasteiger partial charge in [0.2, 0.25) is 0 Å². The molecule has 0 unspecified atom stereocenters. The smallest absolute Gasteiger partial charge is 0.276 e. The first-order valence-corrected chi connectivity index (χ1v) is 10.6. The predicted molar refractivity (Wildman–Crippen MR) is 117 cm³/mol. The highest BCUT2D eigenvalue weighted by atomic mass is 19.1. The molecule has 162 valence electrons. The van der Waals surface area contributed by atoms with Crippen LogP contribution in [0.5, 0.6) is 0 Å². The third-order valence-corrected chi connectivity index (χ3v) is 6.21. The molecule has 0 bridgehead atoms. The maximum atomic E-state index is 14.4. The molecule has 6 rings (SSSR count). The third kappa shape index (κ3) is 3.14. The maximum Gasteiger partial charge on any atom is 0.276 e. The van der Waals surface area contributed by atoms with Crippen molar-refractivity contribution in [2.24, 2.45) is 0 Å². The van der Waals surface area contributed by atoms with E-state index >= 15 is 0 Å². The van der Waals surface area contributed by atoms with Crippen LogP contribution in [0.1, 0.15) is 29.0 Å². The monoisotopic (exact) mass is 432 g/mol. The van der Waals surface area contributed by atoms with Crippen molar-refractivity contribution >= 4 is 33.8 Å². The van der Waals surface area contributed by atoms with Crippen LogP contribution in [0, 0.1) is 12.7 Å². The summed E-state index contributed by atoms with van der Waals surface area (Å²) in [6.07, 6.45) is 9.01. The summed E-state index contributed by atoms with van der Waals surface area (Å²) in [5, 5.41) is 15.4. The Kier molecular flexibility index (Phi) is 4.12. The number of hydrogen-bond acceptors (Lipinski definition) is 7. The lowest BCUT2D eigenvalue weighted by Gasteiger charge is -2.36. The standard InChI is InChI=1S/C22H21FN8O/c1-13-10-31-11-14(8-16(23)20(31)27-13)28-21(32)19-18-15(2-5-26-29-18)17(9-24-19)30-7-6-25-22(12-30)3-4-22/h2,5,8-11,25H,3-4,6-7,12H2,1H3,(H,28,32). The number of carbonyl (C=O) groups is 1. The van der Waals surface area contributed by atoms with Crippen molar-refractivity contribution in [1.82, 2.24) is 29.9 Å². The van der Waals surface area contributed by atoms with E-state index in [9.17, 15) is 9.18 Å². The summed E-state index contributed by atoms with van der Waals surface area (Å²) >= 11 is 0. The number of nitrogens with one attached hydrogen (secondary N) is 2. The minimum absolute atomic E-state index is 0.149.